The minimum atomic E-state index is -0.304. The average molecular weight is 328 g/mol. The summed E-state index contributed by atoms with van der Waals surface area (Å²) < 4.78 is 10.4. The Labute approximate surface area is 142 Å². The van der Waals surface area contributed by atoms with Gasteiger partial charge in [-0.05, 0) is 32.1 Å². The topological polar surface area (TPSA) is 52.6 Å². The van der Waals surface area contributed by atoms with Crippen LogP contribution in [-0.2, 0) is 19.1 Å². The van der Waals surface area contributed by atoms with E-state index in [2.05, 4.69) is 20.8 Å². The molecule has 4 nitrogen and oxygen atoms in total. The molecular weight excluding hydrogens is 292 g/mol. The van der Waals surface area contributed by atoms with Crippen LogP contribution in [0.2, 0.25) is 0 Å². The first-order valence-electron chi connectivity index (χ1n) is 9.30. The van der Waals surface area contributed by atoms with Gasteiger partial charge >= 0.3 is 11.9 Å². The van der Waals surface area contributed by atoms with Crippen LogP contribution in [0.15, 0.2) is 0 Å². The van der Waals surface area contributed by atoms with Gasteiger partial charge in [-0.2, -0.15) is 0 Å². The third-order valence-electron chi connectivity index (χ3n) is 3.77. The van der Waals surface area contributed by atoms with Crippen LogP contribution in [0.5, 0.6) is 0 Å². The first-order chi connectivity index (χ1) is 11.0. The molecule has 0 radical (unpaired) electrons. The van der Waals surface area contributed by atoms with E-state index in [9.17, 15) is 9.59 Å². The van der Waals surface area contributed by atoms with Gasteiger partial charge < -0.3 is 9.47 Å². The molecule has 0 saturated carbocycles. The minimum absolute atomic E-state index is 0.0733. The van der Waals surface area contributed by atoms with Crippen molar-refractivity contribution in [3.8, 4) is 0 Å². The predicted molar refractivity (Wildman–Crippen MR) is 93.2 cm³/mol. The van der Waals surface area contributed by atoms with Crippen LogP contribution >= 0.6 is 0 Å². The number of hydrogen-bond donors (Lipinski definition) is 0. The standard InChI is InChI=1S/C19H36O4/c1-5-6-7-8-9-15-22-18(20)13-14-19(21)23-17(4)12-10-11-16(2)3/h16-17H,5-15H2,1-4H3. The van der Waals surface area contributed by atoms with E-state index in [4.69, 9.17) is 9.47 Å². The molecule has 0 N–H and O–H groups in total. The monoisotopic (exact) mass is 328 g/mol. The van der Waals surface area contributed by atoms with Gasteiger partial charge in [0.1, 0.15) is 0 Å². The smallest absolute Gasteiger partial charge is 0.306 e. The summed E-state index contributed by atoms with van der Waals surface area (Å²) in [6, 6.07) is 0. The first kappa shape index (κ1) is 21.9. The van der Waals surface area contributed by atoms with Crippen molar-refractivity contribution in [3.05, 3.63) is 0 Å². The molecule has 136 valence electrons. The van der Waals surface area contributed by atoms with E-state index < -0.39 is 0 Å². The summed E-state index contributed by atoms with van der Waals surface area (Å²) in [5, 5.41) is 0. The van der Waals surface area contributed by atoms with E-state index in [0.717, 1.165) is 32.1 Å². The summed E-state index contributed by atoms with van der Waals surface area (Å²) >= 11 is 0. The number of rotatable bonds is 14. The normalized spacial score (nSPS) is 12.2. The van der Waals surface area contributed by atoms with Crippen molar-refractivity contribution in [2.45, 2.75) is 98.0 Å². The highest BCUT2D eigenvalue weighted by molar-refractivity contribution is 5.77. The third-order valence-corrected chi connectivity index (χ3v) is 3.77. The van der Waals surface area contributed by atoms with Gasteiger partial charge in [-0.1, -0.05) is 52.9 Å². The molecule has 4 heteroatoms. The van der Waals surface area contributed by atoms with Crippen molar-refractivity contribution in [3.63, 3.8) is 0 Å². The predicted octanol–water partition coefficient (Wildman–Crippen LogP) is 5.04. The summed E-state index contributed by atoms with van der Waals surface area (Å²) in [5.41, 5.74) is 0. The Balaban J connectivity index is 3.57. The fourth-order valence-corrected chi connectivity index (χ4v) is 2.32. The SMILES string of the molecule is CCCCCCCOC(=O)CCC(=O)OC(C)CCCC(C)C. The molecule has 0 fully saturated rings. The fraction of sp³-hybridized carbons (Fsp3) is 0.895. The second-order valence-corrected chi connectivity index (χ2v) is 6.76. The van der Waals surface area contributed by atoms with Crippen LogP contribution in [0.3, 0.4) is 0 Å². The molecule has 0 aromatic carbocycles. The van der Waals surface area contributed by atoms with Gasteiger partial charge in [0, 0.05) is 0 Å². The molecule has 23 heavy (non-hydrogen) atoms. The molecular formula is C19H36O4. The van der Waals surface area contributed by atoms with E-state index >= 15 is 0 Å². The van der Waals surface area contributed by atoms with E-state index in [1.165, 1.54) is 19.3 Å². The van der Waals surface area contributed by atoms with Crippen molar-refractivity contribution in [1.29, 1.82) is 0 Å². The number of unbranched alkanes of at least 4 members (excludes halogenated alkanes) is 4. The van der Waals surface area contributed by atoms with Crippen LogP contribution < -0.4 is 0 Å². The zero-order chi connectivity index (χ0) is 17.5. The largest absolute Gasteiger partial charge is 0.466 e. The second kappa shape index (κ2) is 14.5. The quantitative estimate of drug-likeness (QED) is 0.331. The Bertz CT molecular complexity index is 312. The highest BCUT2D eigenvalue weighted by Crippen LogP contribution is 2.11. The zero-order valence-electron chi connectivity index (χ0n) is 15.6. The Morgan fingerprint density at radius 2 is 1.48 bits per heavy atom. The van der Waals surface area contributed by atoms with E-state index in [-0.39, 0.29) is 30.9 Å². The Morgan fingerprint density at radius 3 is 2.13 bits per heavy atom. The van der Waals surface area contributed by atoms with Gasteiger partial charge in [0.2, 0.25) is 0 Å². The van der Waals surface area contributed by atoms with Gasteiger partial charge in [0.15, 0.2) is 0 Å². The molecule has 1 atom stereocenters. The molecule has 0 bridgehead atoms. The highest BCUT2D eigenvalue weighted by Gasteiger charge is 2.12. The summed E-state index contributed by atoms with van der Waals surface area (Å²) in [6.07, 6.45) is 8.87. The van der Waals surface area contributed by atoms with Crippen molar-refractivity contribution in [2.24, 2.45) is 5.92 Å². The molecule has 0 aromatic rings. The highest BCUT2D eigenvalue weighted by atomic mass is 16.5. The summed E-state index contributed by atoms with van der Waals surface area (Å²) in [7, 11) is 0. The molecule has 0 amide bonds. The molecule has 0 rings (SSSR count). The van der Waals surface area contributed by atoms with Crippen molar-refractivity contribution in [1.82, 2.24) is 0 Å². The minimum Gasteiger partial charge on any atom is -0.466 e. The summed E-state index contributed by atoms with van der Waals surface area (Å²) in [5.74, 6) is 0.0708. The van der Waals surface area contributed by atoms with Gasteiger partial charge in [-0.3, -0.25) is 9.59 Å². The van der Waals surface area contributed by atoms with Gasteiger partial charge in [0.25, 0.3) is 0 Å². The number of esters is 2. The Kier molecular flexibility index (Phi) is 13.9. The van der Waals surface area contributed by atoms with Gasteiger partial charge in [-0.25, -0.2) is 0 Å². The number of carbonyl (C=O) groups is 2. The maximum absolute atomic E-state index is 11.7. The summed E-state index contributed by atoms with van der Waals surface area (Å²) in [4.78, 5) is 23.2. The van der Waals surface area contributed by atoms with Gasteiger partial charge in [-0.15, -0.1) is 0 Å². The van der Waals surface area contributed by atoms with Crippen LogP contribution in [0.4, 0.5) is 0 Å². The Morgan fingerprint density at radius 1 is 0.826 bits per heavy atom. The van der Waals surface area contributed by atoms with Crippen LogP contribution in [0, 0.1) is 5.92 Å². The molecule has 1 unspecified atom stereocenters. The lowest BCUT2D eigenvalue weighted by molar-refractivity contribution is -0.153. The molecule has 0 saturated heterocycles. The second-order valence-electron chi connectivity index (χ2n) is 6.76. The van der Waals surface area contributed by atoms with E-state index in [1.807, 2.05) is 6.92 Å². The maximum Gasteiger partial charge on any atom is 0.306 e. The average Bonchev–Trinajstić information content (AvgIpc) is 2.48. The first-order valence-corrected chi connectivity index (χ1v) is 9.30. The van der Waals surface area contributed by atoms with Gasteiger partial charge in [0.05, 0.1) is 25.6 Å². The maximum atomic E-state index is 11.7. The third kappa shape index (κ3) is 15.6. The van der Waals surface area contributed by atoms with Crippen molar-refractivity contribution >= 4 is 11.9 Å². The molecule has 0 heterocycles. The molecule has 0 aliphatic carbocycles. The van der Waals surface area contributed by atoms with Crippen molar-refractivity contribution < 1.29 is 19.1 Å². The van der Waals surface area contributed by atoms with Crippen molar-refractivity contribution in [2.75, 3.05) is 6.61 Å². The lowest BCUT2D eigenvalue weighted by Crippen LogP contribution is -2.16. The molecule has 0 aliphatic rings. The summed E-state index contributed by atoms with van der Waals surface area (Å²) in [6.45, 7) is 8.92. The molecule has 0 aliphatic heterocycles. The van der Waals surface area contributed by atoms with Crippen LogP contribution in [0.25, 0.3) is 0 Å². The number of hydrogen-bond acceptors (Lipinski definition) is 4. The molecule has 0 aromatic heterocycles. The van der Waals surface area contributed by atoms with Crippen LogP contribution in [-0.4, -0.2) is 24.6 Å². The molecule has 0 spiro atoms. The Hall–Kier alpha value is -1.06. The lowest BCUT2D eigenvalue weighted by Gasteiger charge is -2.13. The van der Waals surface area contributed by atoms with Crippen LogP contribution in [0.1, 0.15) is 91.9 Å². The van der Waals surface area contributed by atoms with E-state index in [1.54, 1.807) is 0 Å². The zero-order valence-corrected chi connectivity index (χ0v) is 15.6. The van der Waals surface area contributed by atoms with E-state index in [0.29, 0.717) is 12.5 Å². The number of carbonyl (C=O) groups excluding carboxylic acids is 2. The lowest BCUT2D eigenvalue weighted by atomic mass is 10.0. The fourth-order valence-electron chi connectivity index (χ4n) is 2.32. The number of ether oxygens (including phenoxy) is 2.